The van der Waals surface area contributed by atoms with Crippen LogP contribution in [0, 0.1) is 5.92 Å². The average Bonchev–Trinajstić information content (AvgIpc) is 3.58. The van der Waals surface area contributed by atoms with E-state index >= 15 is 0 Å². The molecule has 5 rings (SSSR count). The number of aromatic nitrogens is 5. The molecule has 2 aromatic heterocycles. The van der Waals surface area contributed by atoms with E-state index in [0.717, 1.165) is 36.8 Å². The van der Waals surface area contributed by atoms with E-state index in [-0.39, 0.29) is 23.6 Å². The van der Waals surface area contributed by atoms with Gasteiger partial charge in [-0.2, -0.15) is 0 Å². The first-order valence-corrected chi connectivity index (χ1v) is 13.0. The number of nitrogens with one attached hydrogen (secondary N) is 1. The van der Waals surface area contributed by atoms with E-state index in [9.17, 15) is 9.59 Å². The Morgan fingerprint density at radius 2 is 2.06 bits per heavy atom. The number of H-pyrrole nitrogens is 1. The molecular weight excluding hydrogens is 460 g/mol. The van der Waals surface area contributed by atoms with Crippen LogP contribution >= 0.6 is 0 Å². The van der Waals surface area contributed by atoms with Crippen LogP contribution in [0.2, 0.25) is 0 Å². The van der Waals surface area contributed by atoms with Gasteiger partial charge in [0.1, 0.15) is 6.04 Å². The zero-order valence-electron chi connectivity index (χ0n) is 21.0. The lowest BCUT2D eigenvalue weighted by atomic mass is 9.93. The molecule has 0 amide bonds. The standard InChI is InChI=1S/C26H34N6O4/c1-3-17-7-8-22-19(14-17)15-21(25(33)27-22)23(31-11-9-18(10-12-31)26(34)35-4-2)24-28-29-30-32(24)16-20-6-5-13-36-20/h7-8,14-15,18,20,23H,3-6,9-13,16H2,1-2H3,(H,27,33)/t20-,23+/m1/s1. The molecule has 0 radical (unpaired) electrons. The van der Waals surface area contributed by atoms with Gasteiger partial charge in [-0.1, -0.05) is 13.0 Å². The van der Waals surface area contributed by atoms with Crippen molar-refractivity contribution in [2.24, 2.45) is 5.92 Å². The third-order valence-electron chi connectivity index (χ3n) is 7.36. The SMILES string of the molecule is CCOC(=O)C1CCN([C@@H](c2cc3cc(CC)ccc3[nH]c2=O)c2nnnn2C[C@H]2CCCO2)CC1. The first-order chi connectivity index (χ1) is 17.6. The van der Waals surface area contributed by atoms with Crippen molar-refractivity contribution in [2.75, 3.05) is 26.3 Å². The third kappa shape index (κ3) is 5.05. The van der Waals surface area contributed by atoms with Gasteiger partial charge in [-0.25, -0.2) is 4.68 Å². The third-order valence-corrected chi connectivity index (χ3v) is 7.36. The van der Waals surface area contributed by atoms with Crippen molar-refractivity contribution in [1.82, 2.24) is 30.1 Å². The first-order valence-electron chi connectivity index (χ1n) is 13.0. The van der Waals surface area contributed by atoms with E-state index in [1.807, 2.05) is 25.1 Å². The second kappa shape index (κ2) is 10.9. The number of rotatable bonds is 8. The van der Waals surface area contributed by atoms with Crippen LogP contribution in [0.5, 0.6) is 0 Å². The Kier molecular flexibility index (Phi) is 7.43. The molecule has 36 heavy (non-hydrogen) atoms. The van der Waals surface area contributed by atoms with Gasteiger partial charge in [0.25, 0.3) is 5.56 Å². The molecule has 0 unspecified atom stereocenters. The lowest BCUT2D eigenvalue weighted by molar-refractivity contribution is -0.149. The molecule has 2 aliphatic heterocycles. The predicted molar refractivity (Wildman–Crippen MR) is 134 cm³/mol. The molecule has 0 saturated carbocycles. The zero-order valence-corrected chi connectivity index (χ0v) is 21.0. The van der Waals surface area contributed by atoms with Crippen molar-refractivity contribution >= 4 is 16.9 Å². The smallest absolute Gasteiger partial charge is 0.309 e. The molecule has 1 N–H and O–H groups in total. The maximum Gasteiger partial charge on any atom is 0.309 e. The van der Waals surface area contributed by atoms with Gasteiger partial charge >= 0.3 is 5.97 Å². The van der Waals surface area contributed by atoms with Crippen molar-refractivity contribution < 1.29 is 14.3 Å². The predicted octanol–water partition coefficient (Wildman–Crippen LogP) is 2.62. The molecule has 10 nitrogen and oxygen atoms in total. The van der Waals surface area contributed by atoms with Gasteiger partial charge < -0.3 is 14.5 Å². The molecule has 0 bridgehead atoms. The van der Waals surface area contributed by atoms with Crippen molar-refractivity contribution in [3.63, 3.8) is 0 Å². The molecule has 4 heterocycles. The van der Waals surface area contributed by atoms with E-state index in [0.29, 0.717) is 50.5 Å². The van der Waals surface area contributed by atoms with Crippen molar-refractivity contribution in [2.45, 2.75) is 64.6 Å². The number of piperidine rings is 1. The number of hydrogen-bond donors (Lipinski definition) is 1. The molecule has 10 heteroatoms. The molecule has 0 aliphatic carbocycles. The highest BCUT2D eigenvalue weighted by Gasteiger charge is 2.35. The Hall–Kier alpha value is -3.11. The fraction of sp³-hybridized carbons (Fsp3) is 0.577. The highest BCUT2D eigenvalue weighted by molar-refractivity contribution is 5.80. The van der Waals surface area contributed by atoms with E-state index in [1.54, 1.807) is 4.68 Å². The Balaban J connectivity index is 1.52. The lowest BCUT2D eigenvalue weighted by Crippen LogP contribution is -2.42. The second-order valence-corrected chi connectivity index (χ2v) is 9.65. The summed E-state index contributed by atoms with van der Waals surface area (Å²) in [5.41, 5.74) is 2.46. The number of esters is 1. The summed E-state index contributed by atoms with van der Waals surface area (Å²) >= 11 is 0. The summed E-state index contributed by atoms with van der Waals surface area (Å²) < 4.78 is 12.9. The molecule has 2 aliphatic rings. The first kappa shape index (κ1) is 24.6. The van der Waals surface area contributed by atoms with E-state index in [4.69, 9.17) is 9.47 Å². The van der Waals surface area contributed by atoms with E-state index in [2.05, 4.69) is 38.4 Å². The minimum Gasteiger partial charge on any atom is -0.466 e. The van der Waals surface area contributed by atoms with Crippen LogP contribution in [0.25, 0.3) is 10.9 Å². The summed E-state index contributed by atoms with van der Waals surface area (Å²) in [5, 5.41) is 13.6. The summed E-state index contributed by atoms with van der Waals surface area (Å²) in [6.07, 6.45) is 4.28. The van der Waals surface area contributed by atoms with Crippen LogP contribution < -0.4 is 5.56 Å². The number of carbonyl (C=O) groups excluding carboxylic acids is 1. The number of aryl methyl sites for hydroxylation is 1. The van der Waals surface area contributed by atoms with Crippen LogP contribution in [0.3, 0.4) is 0 Å². The molecule has 2 fully saturated rings. The normalized spacial score (nSPS) is 20.1. The summed E-state index contributed by atoms with van der Waals surface area (Å²) in [4.78, 5) is 31.0. The van der Waals surface area contributed by atoms with Gasteiger partial charge in [-0.05, 0) is 78.6 Å². The summed E-state index contributed by atoms with van der Waals surface area (Å²) in [6, 6.07) is 7.65. The quantitative estimate of drug-likeness (QED) is 0.475. The molecule has 0 spiro atoms. The molecule has 2 atom stereocenters. The van der Waals surface area contributed by atoms with E-state index in [1.165, 1.54) is 5.56 Å². The summed E-state index contributed by atoms with van der Waals surface area (Å²) in [7, 11) is 0. The maximum atomic E-state index is 13.4. The number of aromatic amines is 1. The van der Waals surface area contributed by atoms with E-state index < -0.39 is 6.04 Å². The minimum absolute atomic E-state index is 0.0597. The Morgan fingerprint density at radius 1 is 1.22 bits per heavy atom. The van der Waals surface area contributed by atoms with Crippen LogP contribution in [-0.2, 0) is 27.2 Å². The number of tetrazole rings is 1. The van der Waals surface area contributed by atoms with Crippen LogP contribution in [0.1, 0.15) is 62.5 Å². The fourth-order valence-corrected chi connectivity index (χ4v) is 5.37. The summed E-state index contributed by atoms with van der Waals surface area (Å²) in [5.74, 6) is 0.343. The number of likely N-dealkylation sites (tertiary alicyclic amines) is 1. The molecular formula is C26H34N6O4. The highest BCUT2D eigenvalue weighted by atomic mass is 16.5. The van der Waals surface area contributed by atoms with Gasteiger partial charge in [-0.15, -0.1) is 5.10 Å². The molecule has 192 valence electrons. The largest absolute Gasteiger partial charge is 0.466 e. The van der Waals surface area contributed by atoms with Gasteiger partial charge in [0.2, 0.25) is 0 Å². The van der Waals surface area contributed by atoms with Crippen molar-refractivity contribution in [1.29, 1.82) is 0 Å². The lowest BCUT2D eigenvalue weighted by Gasteiger charge is -2.36. The molecule has 1 aromatic carbocycles. The highest BCUT2D eigenvalue weighted by Crippen LogP contribution is 2.32. The molecule has 2 saturated heterocycles. The van der Waals surface area contributed by atoms with Crippen LogP contribution in [0.15, 0.2) is 29.1 Å². The Morgan fingerprint density at radius 3 is 2.78 bits per heavy atom. The van der Waals surface area contributed by atoms with Crippen LogP contribution in [0.4, 0.5) is 0 Å². The second-order valence-electron chi connectivity index (χ2n) is 9.65. The molecule has 3 aromatic rings. The number of hydrogen-bond acceptors (Lipinski definition) is 8. The van der Waals surface area contributed by atoms with Gasteiger partial charge in [-0.3, -0.25) is 14.5 Å². The minimum atomic E-state index is -0.442. The average molecular weight is 495 g/mol. The number of fused-ring (bicyclic) bond motifs is 1. The number of nitrogens with zero attached hydrogens (tertiary/aromatic N) is 5. The number of pyridine rings is 1. The monoisotopic (exact) mass is 494 g/mol. The zero-order chi connectivity index (χ0) is 25.1. The van der Waals surface area contributed by atoms with Crippen molar-refractivity contribution in [3.05, 3.63) is 51.6 Å². The van der Waals surface area contributed by atoms with Gasteiger partial charge in [0, 0.05) is 30.8 Å². The number of ether oxygens (including phenoxy) is 2. The summed E-state index contributed by atoms with van der Waals surface area (Å²) in [6.45, 7) is 6.88. The number of benzene rings is 1. The Bertz CT molecular complexity index is 1260. The fourth-order valence-electron chi connectivity index (χ4n) is 5.37. The topological polar surface area (TPSA) is 115 Å². The number of carbonyl (C=O) groups is 1. The van der Waals surface area contributed by atoms with Gasteiger partial charge in [0.05, 0.1) is 25.2 Å². The van der Waals surface area contributed by atoms with Gasteiger partial charge in [0.15, 0.2) is 5.82 Å². The maximum absolute atomic E-state index is 13.4. The Labute approximate surface area is 210 Å². The van der Waals surface area contributed by atoms with Crippen molar-refractivity contribution in [3.8, 4) is 0 Å². The van der Waals surface area contributed by atoms with Crippen LogP contribution in [-0.4, -0.2) is 68.5 Å².